The number of para-hydroxylation sites is 1. The van der Waals surface area contributed by atoms with Crippen LogP contribution >= 0.6 is 0 Å². The second kappa shape index (κ2) is 10.4. The first-order chi connectivity index (χ1) is 14.9. The van der Waals surface area contributed by atoms with Gasteiger partial charge in [-0.1, -0.05) is 25.1 Å². The van der Waals surface area contributed by atoms with Crippen LogP contribution in [0.15, 0.2) is 24.3 Å². The molecule has 2 aliphatic heterocycles. The molecule has 172 valence electrons. The molecule has 7 nitrogen and oxygen atoms in total. The highest BCUT2D eigenvalue weighted by molar-refractivity contribution is 5.92. The topological polar surface area (TPSA) is 65.1 Å². The highest BCUT2D eigenvalue weighted by atomic mass is 16.6. The molecular weight excluding hydrogens is 392 g/mol. The lowest BCUT2D eigenvalue weighted by molar-refractivity contribution is 0.100. The molecule has 31 heavy (non-hydrogen) atoms. The Hall–Kier alpha value is -2.28. The number of ether oxygens (including phenoxy) is 1. The summed E-state index contributed by atoms with van der Waals surface area (Å²) in [7, 11) is 3.49. The average Bonchev–Trinajstić information content (AvgIpc) is 3.05. The summed E-state index contributed by atoms with van der Waals surface area (Å²) in [5.74, 6) is 0. The van der Waals surface area contributed by atoms with Crippen molar-refractivity contribution in [3.05, 3.63) is 29.8 Å². The normalized spacial score (nSPS) is 21.8. The number of amides is 3. The number of urea groups is 1. The van der Waals surface area contributed by atoms with Crippen molar-refractivity contribution >= 4 is 17.8 Å². The van der Waals surface area contributed by atoms with Crippen molar-refractivity contribution in [3.63, 3.8) is 0 Å². The van der Waals surface area contributed by atoms with Crippen LogP contribution in [0, 0.1) is 0 Å². The number of carbonyl (C=O) groups is 2. The molecule has 0 aromatic heterocycles. The van der Waals surface area contributed by atoms with E-state index < -0.39 is 0 Å². The number of likely N-dealkylation sites (tertiary alicyclic amines) is 2. The average molecular weight is 431 g/mol. The minimum Gasteiger partial charge on any atom is -0.450 e. The molecule has 0 spiro atoms. The Bertz CT molecular complexity index is 761. The number of hydrogen-bond acceptors (Lipinski definition) is 4. The van der Waals surface area contributed by atoms with Gasteiger partial charge < -0.3 is 19.9 Å². The van der Waals surface area contributed by atoms with E-state index in [1.54, 1.807) is 11.9 Å². The zero-order valence-electron chi connectivity index (χ0n) is 19.5. The summed E-state index contributed by atoms with van der Waals surface area (Å²) < 4.78 is 5.19. The summed E-state index contributed by atoms with van der Waals surface area (Å²) in [5, 5.41) is 2.72. The second-order valence-corrected chi connectivity index (χ2v) is 9.00. The Balaban J connectivity index is 1.64. The van der Waals surface area contributed by atoms with Gasteiger partial charge in [0.25, 0.3) is 0 Å². The Morgan fingerprint density at radius 3 is 2.55 bits per heavy atom. The van der Waals surface area contributed by atoms with Crippen LogP contribution in [-0.2, 0) is 10.2 Å². The van der Waals surface area contributed by atoms with Gasteiger partial charge >= 0.3 is 12.1 Å². The number of nitrogens with one attached hydrogen (secondary N) is 1. The monoisotopic (exact) mass is 430 g/mol. The molecule has 1 aromatic rings. The molecule has 0 bridgehead atoms. The van der Waals surface area contributed by atoms with Gasteiger partial charge in [-0.2, -0.15) is 0 Å². The van der Waals surface area contributed by atoms with Gasteiger partial charge in [0, 0.05) is 38.9 Å². The van der Waals surface area contributed by atoms with Crippen molar-refractivity contribution in [2.75, 3.05) is 51.8 Å². The Labute approximate surface area is 186 Å². The second-order valence-electron chi connectivity index (χ2n) is 9.00. The standard InChI is InChI=1S/C24H38N4O3/c1-5-31-23(30)28-15-8-9-19(12-16-28)27-17-13-24(2,14-18-27)20-10-6-7-11-21(20)26(4)22(29)25-3/h6-7,10-11,19H,5,8-9,12-18H2,1-4H3,(H,25,29). The maximum Gasteiger partial charge on any atom is 0.409 e. The number of rotatable bonds is 4. The van der Waals surface area contributed by atoms with Gasteiger partial charge in [-0.15, -0.1) is 0 Å². The summed E-state index contributed by atoms with van der Waals surface area (Å²) >= 11 is 0. The van der Waals surface area contributed by atoms with E-state index in [2.05, 4.69) is 29.3 Å². The predicted octanol–water partition coefficient (Wildman–Crippen LogP) is 3.83. The van der Waals surface area contributed by atoms with Gasteiger partial charge in [0.1, 0.15) is 0 Å². The summed E-state index contributed by atoms with van der Waals surface area (Å²) in [5.41, 5.74) is 2.27. The number of hydrogen-bond donors (Lipinski definition) is 1. The van der Waals surface area contributed by atoms with Crippen molar-refractivity contribution in [3.8, 4) is 0 Å². The molecule has 2 fully saturated rings. The van der Waals surface area contributed by atoms with E-state index in [-0.39, 0.29) is 17.5 Å². The van der Waals surface area contributed by atoms with E-state index >= 15 is 0 Å². The summed E-state index contributed by atoms with van der Waals surface area (Å²) in [4.78, 5) is 30.5. The molecule has 0 saturated carbocycles. The molecule has 1 atom stereocenters. The third-order valence-corrected chi connectivity index (χ3v) is 7.08. The van der Waals surface area contributed by atoms with Crippen molar-refractivity contribution in [2.45, 2.75) is 57.4 Å². The fourth-order valence-electron chi connectivity index (χ4n) is 5.05. The molecule has 7 heteroatoms. The van der Waals surface area contributed by atoms with Crippen LogP contribution in [0.25, 0.3) is 0 Å². The number of benzene rings is 1. The number of piperidine rings is 1. The van der Waals surface area contributed by atoms with Gasteiger partial charge in [0.2, 0.25) is 0 Å². The maximum atomic E-state index is 12.2. The van der Waals surface area contributed by atoms with Crippen LogP contribution in [0.5, 0.6) is 0 Å². The van der Waals surface area contributed by atoms with Crippen molar-refractivity contribution < 1.29 is 14.3 Å². The summed E-state index contributed by atoms with van der Waals surface area (Å²) in [6.45, 7) is 8.26. The smallest absolute Gasteiger partial charge is 0.409 e. The predicted molar refractivity (Wildman–Crippen MR) is 124 cm³/mol. The summed E-state index contributed by atoms with van der Waals surface area (Å²) in [6.07, 6.45) is 5.10. The molecule has 0 aliphatic carbocycles. The van der Waals surface area contributed by atoms with Crippen LogP contribution < -0.4 is 10.2 Å². The Morgan fingerprint density at radius 2 is 1.87 bits per heavy atom. The van der Waals surface area contributed by atoms with Crippen molar-refractivity contribution in [1.82, 2.24) is 15.1 Å². The minimum absolute atomic E-state index is 0.0388. The van der Waals surface area contributed by atoms with E-state index in [0.29, 0.717) is 12.6 Å². The fraction of sp³-hybridized carbons (Fsp3) is 0.667. The molecule has 2 heterocycles. The lowest BCUT2D eigenvalue weighted by Crippen LogP contribution is -2.47. The van der Waals surface area contributed by atoms with Crippen LogP contribution in [-0.4, -0.2) is 74.8 Å². The largest absolute Gasteiger partial charge is 0.450 e. The quantitative estimate of drug-likeness (QED) is 0.789. The lowest BCUT2D eigenvalue weighted by Gasteiger charge is -2.44. The molecule has 1 N–H and O–H groups in total. The van der Waals surface area contributed by atoms with Crippen molar-refractivity contribution in [2.24, 2.45) is 0 Å². The molecule has 0 radical (unpaired) electrons. The maximum absolute atomic E-state index is 12.2. The molecule has 1 unspecified atom stereocenters. The van der Waals surface area contributed by atoms with Crippen LogP contribution in [0.3, 0.4) is 0 Å². The summed E-state index contributed by atoms with van der Waals surface area (Å²) in [6, 6.07) is 8.71. The number of nitrogens with zero attached hydrogens (tertiary/aromatic N) is 3. The molecule has 2 aliphatic rings. The zero-order valence-corrected chi connectivity index (χ0v) is 19.5. The van der Waals surface area contributed by atoms with Crippen LogP contribution in [0.4, 0.5) is 15.3 Å². The highest BCUT2D eigenvalue weighted by Gasteiger charge is 2.37. The molecule has 1 aromatic carbocycles. The number of carbonyl (C=O) groups excluding carboxylic acids is 2. The molecular formula is C24H38N4O3. The van der Waals surface area contributed by atoms with E-state index in [1.807, 2.05) is 31.0 Å². The molecule has 3 amide bonds. The van der Waals surface area contributed by atoms with Gasteiger partial charge in [-0.05, 0) is 69.2 Å². The van der Waals surface area contributed by atoms with Gasteiger partial charge in [-0.3, -0.25) is 4.90 Å². The minimum atomic E-state index is -0.175. The Kier molecular flexibility index (Phi) is 7.81. The third-order valence-electron chi connectivity index (χ3n) is 7.08. The van der Waals surface area contributed by atoms with Crippen LogP contribution in [0.2, 0.25) is 0 Å². The van der Waals surface area contributed by atoms with E-state index in [9.17, 15) is 9.59 Å². The first-order valence-corrected chi connectivity index (χ1v) is 11.6. The Morgan fingerprint density at radius 1 is 1.16 bits per heavy atom. The van der Waals surface area contributed by atoms with E-state index in [0.717, 1.165) is 64.0 Å². The molecule has 2 saturated heterocycles. The van der Waals surface area contributed by atoms with Gasteiger partial charge in [0.05, 0.1) is 6.61 Å². The zero-order chi connectivity index (χ0) is 22.4. The van der Waals surface area contributed by atoms with E-state index in [4.69, 9.17) is 4.74 Å². The first kappa shape index (κ1) is 23.4. The highest BCUT2D eigenvalue weighted by Crippen LogP contribution is 2.40. The van der Waals surface area contributed by atoms with E-state index in [1.165, 1.54) is 5.56 Å². The SMILES string of the molecule is CCOC(=O)N1CCCC(N2CCC(C)(c3ccccc3N(C)C(=O)NC)CC2)CC1. The first-order valence-electron chi connectivity index (χ1n) is 11.6. The molecule has 3 rings (SSSR count). The van der Waals surface area contributed by atoms with Crippen molar-refractivity contribution in [1.29, 1.82) is 0 Å². The number of anilines is 1. The van der Waals surface area contributed by atoms with Gasteiger partial charge in [-0.25, -0.2) is 9.59 Å². The lowest BCUT2D eigenvalue weighted by atomic mass is 9.73. The third kappa shape index (κ3) is 5.32. The van der Waals surface area contributed by atoms with Gasteiger partial charge in [0.15, 0.2) is 0 Å². The fourth-order valence-corrected chi connectivity index (χ4v) is 5.05. The van der Waals surface area contributed by atoms with Crippen LogP contribution in [0.1, 0.15) is 51.5 Å².